The van der Waals surface area contributed by atoms with Crippen molar-refractivity contribution in [3.8, 4) is 5.75 Å². The van der Waals surface area contributed by atoms with E-state index in [4.69, 9.17) is 0 Å². The molecule has 22 heavy (non-hydrogen) atoms. The maximum absolute atomic E-state index is 12.3. The summed E-state index contributed by atoms with van der Waals surface area (Å²) >= 11 is 0. The molecule has 0 unspecified atom stereocenters. The van der Waals surface area contributed by atoms with Gasteiger partial charge in [0.25, 0.3) is 5.91 Å². The van der Waals surface area contributed by atoms with Gasteiger partial charge in [0.15, 0.2) is 5.82 Å². The molecule has 9 heteroatoms. The van der Waals surface area contributed by atoms with Crippen LogP contribution in [0.2, 0.25) is 0 Å². The highest BCUT2D eigenvalue weighted by atomic mass is 19.4. The Hall–Kier alpha value is -2.84. The summed E-state index contributed by atoms with van der Waals surface area (Å²) in [7, 11) is 0. The molecule has 0 saturated carbocycles. The number of carbonyl (C=O) groups is 1. The van der Waals surface area contributed by atoms with E-state index in [-0.39, 0.29) is 11.4 Å². The van der Waals surface area contributed by atoms with E-state index in [2.05, 4.69) is 25.2 Å². The van der Waals surface area contributed by atoms with Gasteiger partial charge in [0.05, 0.1) is 5.57 Å². The number of amides is 1. The second kappa shape index (κ2) is 4.86. The Morgan fingerprint density at radius 1 is 1.32 bits per heavy atom. The molecule has 0 spiro atoms. The van der Waals surface area contributed by atoms with E-state index in [9.17, 15) is 18.0 Å². The van der Waals surface area contributed by atoms with Crippen LogP contribution in [-0.2, 0) is 4.79 Å². The lowest BCUT2D eigenvalue weighted by molar-refractivity contribution is -0.274. The highest BCUT2D eigenvalue weighted by Crippen LogP contribution is 2.36. The van der Waals surface area contributed by atoms with Gasteiger partial charge in [-0.3, -0.25) is 9.89 Å². The summed E-state index contributed by atoms with van der Waals surface area (Å²) < 4.78 is 40.7. The van der Waals surface area contributed by atoms with Gasteiger partial charge in [-0.25, -0.2) is 4.98 Å². The molecule has 1 amide bonds. The number of nitrogens with one attached hydrogen (secondary N) is 2. The summed E-state index contributed by atoms with van der Waals surface area (Å²) in [6.45, 7) is 1.69. The number of hydrogen-bond donors (Lipinski definition) is 2. The van der Waals surface area contributed by atoms with Crippen LogP contribution >= 0.6 is 0 Å². The fourth-order valence-electron chi connectivity index (χ4n) is 2.06. The molecule has 2 N–H and O–H groups in total. The Morgan fingerprint density at radius 2 is 2.09 bits per heavy atom. The lowest BCUT2D eigenvalue weighted by atomic mass is 10.1. The Labute approximate surface area is 122 Å². The molecular formula is C13H9F3N4O2. The summed E-state index contributed by atoms with van der Waals surface area (Å²) in [5.41, 5.74) is 0.869. The van der Waals surface area contributed by atoms with E-state index in [0.717, 1.165) is 12.1 Å². The Balaban J connectivity index is 2.00. The number of aromatic amines is 1. The van der Waals surface area contributed by atoms with E-state index in [1.54, 1.807) is 6.92 Å². The minimum atomic E-state index is -4.80. The number of aryl methyl sites for hydroxylation is 1. The average molecular weight is 310 g/mol. The van der Waals surface area contributed by atoms with Gasteiger partial charge >= 0.3 is 6.36 Å². The topological polar surface area (TPSA) is 79.9 Å². The van der Waals surface area contributed by atoms with E-state index < -0.39 is 18.0 Å². The SMILES string of the molecule is Cc1nc(C=C2C(=O)Nc3ccc(OC(F)(F)F)cc32)n[nH]1. The third kappa shape index (κ3) is 2.78. The molecule has 0 bridgehead atoms. The smallest absolute Gasteiger partial charge is 0.406 e. The number of anilines is 1. The van der Waals surface area contributed by atoms with Gasteiger partial charge in [-0.1, -0.05) is 0 Å². The fraction of sp³-hybridized carbons (Fsp3) is 0.154. The van der Waals surface area contributed by atoms with Crippen LogP contribution in [0, 0.1) is 6.92 Å². The van der Waals surface area contributed by atoms with E-state index in [0.29, 0.717) is 17.1 Å². The first-order chi connectivity index (χ1) is 10.3. The fourth-order valence-corrected chi connectivity index (χ4v) is 2.06. The van der Waals surface area contributed by atoms with Crippen LogP contribution in [0.3, 0.4) is 0 Å². The van der Waals surface area contributed by atoms with Crippen molar-refractivity contribution >= 4 is 23.2 Å². The first-order valence-corrected chi connectivity index (χ1v) is 6.14. The van der Waals surface area contributed by atoms with Crippen LogP contribution in [0.25, 0.3) is 11.6 Å². The zero-order chi connectivity index (χ0) is 15.9. The van der Waals surface area contributed by atoms with Gasteiger partial charge in [-0.05, 0) is 31.2 Å². The lowest BCUT2D eigenvalue weighted by Gasteiger charge is -2.09. The Kier molecular flexibility index (Phi) is 3.12. The third-order valence-electron chi connectivity index (χ3n) is 2.90. The first-order valence-electron chi connectivity index (χ1n) is 6.14. The summed E-state index contributed by atoms with van der Waals surface area (Å²) in [5, 5.41) is 9.03. The standard InChI is InChI=1S/C13H9F3N4O2/c1-6-17-11(20-19-6)5-9-8-4-7(22-13(14,15)16)2-3-10(8)18-12(9)21/h2-5H,1H3,(H,18,21)(H,17,19,20). The maximum Gasteiger partial charge on any atom is 0.573 e. The molecule has 1 aliphatic heterocycles. The summed E-state index contributed by atoms with van der Waals surface area (Å²) in [4.78, 5) is 16.0. The molecule has 1 aromatic heterocycles. The molecule has 0 atom stereocenters. The van der Waals surface area contributed by atoms with Crippen molar-refractivity contribution in [2.45, 2.75) is 13.3 Å². The van der Waals surface area contributed by atoms with Crippen molar-refractivity contribution in [1.82, 2.24) is 15.2 Å². The molecule has 3 rings (SSSR count). The average Bonchev–Trinajstić information content (AvgIpc) is 2.93. The van der Waals surface area contributed by atoms with Gasteiger partial charge < -0.3 is 10.1 Å². The molecule has 2 heterocycles. The zero-order valence-corrected chi connectivity index (χ0v) is 11.2. The minimum Gasteiger partial charge on any atom is -0.406 e. The quantitative estimate of drug-likeness (QED) is 0.835. The van der Waals surface area contributed by atoms with Crippen molar-refractivity contribution in [1.29, 1.82) is 0 Å². The molecule has 0 aliphatic carbocycles. The van der Waals surface area contributed by atoms with Crippen molar-refractivity contribution in [3.63, 3.8) is 0 Å². The third-order valence-corrected chi connectivity index (χ3v) is 2.90. The van der Waals surface area contributed by atoms with Crippen molar-refractivity contribution in [3.05, 3.63) is 35.4 Å². The minimum absolute atomic E-state index is 0.168. The zero-order valence-electron chi connectivity index (χ0n) is 11.2. The number of halogens is 3. The van der Waals surface area contributed by atoms with Gasteiger partial charge in [0.1, 0.15) is 11.6 Å². The number of rotatable bonds is 2. The van der Waals surface area contributed by atoms with Gasteiger partial charge in [0.2, 0.25) is 0 Å². The van der Waals surface area contributed by atoms with E-state index in [1.807, 2.05) is 0 Å². The predicted octanol–water partition coefficient (Wildman–Crippen LogP) is 2.50. The van der Waals surface area contributed by atoms with Crippen molar-refractivity contribution in [2.75, 3.05) is 5.32 Å². The van der Waals surface area contributed by atoms with Gasteiger partial charge in [0, 0.05) is 11.3 Å². The Bertz CT molecular complexity index is 780. The van der Waals surface area contributed by atoms with Crippen LogP contribution in [0.15, 0.2) is 18.2 Å². The van der Waals surface area contributed by atoms with Crippen LogP contribution in [0.1, 0.15) is 17.2 Å². The number of nitrogens with zero attached hydrogens (tertiary/aromatic N) is 2. The normalized spacial score (nSPS) is 15.8. The summed E-state index contributed by atoms with van der Waals surface area (Å²) in [5.74, 6) is -0.0290. The molecule has 0 fully saturated rings. The van der Waals surface area contributed by atoms with Crippen molar-refractivity contribution < 1.29 is 22.7 Å². The summed E-state index contributed by atoms with van der Waals surface area (Å²) in [6.07, 6.45) is -3.41. The first kappa shape index (κ1) is 14.1. The molecule has 1 aliphatic rings. The van der Waals surface area contributed by atoms with Crippen LogP contribution in [-0.4, -0.2) is 27.5 Å². The summed E-state index contributed by atoms with van der Waals surface area (Å²) in [6, 6.07) is 3.62. The van der Waals surface area contributed by atoms with Crippen LogP contribution in [0.5, 0.6) is 5.75 Å². The van der Waals surface area contributed by atoms with E-state index >= 15 is 0 Å². The van der Waals surface area contributed by atoms with Gasteiger partial charge in [-0.15, -0.1) is 13.2 Å². The largest absolute Gasteiger partial charge is 0.573 e. The van der Waals surface area contributed by atoms with Crippen LogP contribution < -0.4 is 10.1 Å². The van der Waals surface area contributed by atoms with Gasteiger partial charge in [-0.2, -0.15) is 5.10 Å². The highest BCUT2D eigenvalue weighted by Gasteiger charge is 2.32. The van der Waals surface area contributed by atoms with E-state index in [1.165, 1.54) is 12.1 Å². The number of hydrogen-bond acceptors (Lipinski definition) is 4. The number of ether oxygens (including phenoxy) is 1. The molecule has 0 saturated heterocycles. The molecule has 1 aromatic carbocycles. The second-order valence-electron chi connectivity index (χ2n) is 4.55. The molecule has 114 valence electrons. The number of H-pyrrole nitrogens is 1. The molecular weight excluding hydrogens is 301 g/mol. The van der Waals surface area contributed by atoms with Crippen molar-refractivity contribution in [2.24, 2.45) is 0 Å². The highest BCUT2D eigenvalue weighted by molar-refractivity contribution is 6.34. The Morgan fingerprint density at radius 3 is 2.73 bits per heavy atom. The predicted molar refractivity (Wildman–Crippen MR) is 70.7 cm³/mol. The second-order valence-corrected chi connectivity index (χ2v) is 4.55. The number of benzene rings is 1. The lowest BCUT2D eigenvalue weighted by Crippen LogP contribution is -2.17. The molecule has 0 radical (unpaired) electrons. The monoisotopic (exact) mass is 310 g/mol. The number of fused-ring (bicyclic) bond motifs is 1. The number of carbonyl (C=O) groups excluding carboxylic acids is 1. The maximum atomic E-state index is 12.3. The number of alkyl halides is 3. The number of aromatic nitrogens is 3. The molecule has 6 nitrogen and oxygen atoms in total. The van der Waals surface area contributed by atoms with Crippen LogP contribution in [0.4, 0.5) is 18.9 Å². The molecule has 2 aromatic rings.